The summed E-state index contributed by atoms with van der Waals surface area (Å²) < 4.78 is 9.28. The minimum absolute atomic E-state index is 0.00615. The Morgan fingerprint density at radius 2 is 1.52 bits per heavy atom. The number of ether oxygens (including phenoxy) is 2. The van der Waals surface area contributed by atoms with Crippen LogP contribution in [-0.2, 0) is 14.3 Å². The molecule has 0 bridgehead atoms. The molecule has 6 nitrogen and oxygen atoms in total. The topological polar surface area (TPSA) is 81.7 Å². The minimum atomic E-state index is -0.587. The van der Waals surface area contributed by atoms with E-state index in [1.807, 2.05) is 6.92 Å². The van der Waals surface area contributed by atoms with Crippen molar-refractivity contribution in [2.75, 3.05) is 19.5 Å². The number of benzene rings is 1. The molecule has 1 aliphatic carbocycles. The van der Waals surface area contributed by atoms with Crippen molar-refractivity contribution in [1.29, 1.82) is 0 Å². The molecule has 1 aliphatic rings. The fourth-order valence-electron chi connectivity index (χ4n) is 2.09. The van der Waals surface area contributed by atoms with Gasteiger partial charge in [-0.05, 0) is 30.5 Å². The van der Waals surface area contributed by atoms with E-state index in [1.54, 1.807) is 0 Å². The van der Waals surface area contributed by atoms with Crippen LogP contribution >= 0.6 is 0 Å². The molecule has 0 saturated heterocycles. The van der Waals surface area contributed by atoms with E-state index in [2.05, 4.69) is 14.8 Å². The first kappa shape index (κ1) is 15.0. The number of carbonyl (C=O) groups excluding carboxylic acids is 3. The monoisotopic (exact) mass is 291 g/mol. The van der Waals surface area contributed by atoms with Crippen LogP contribution < -0.4 is 5.32 Å². The molecule has 6 heteroatoms. The lowest BCUT2D eigenvalue weighted by Crippen LogP contribution is -2.16. The second-order valence-corrected chi connectivity index (χ2v) is 5.09. The average molecular weight is 291 g/mol. The Morgan fingerprint density at radius 1 is 1.05 bits per heavy atom. The highest BCUT2D eigenvalue weighted by Gasteiger charge is 2.39. The summed E-state index contributed by atoms with van der Waals surface area (Å²) in [5.41, 5.74) is 0.737. The second kappa shape index (κ2) is 5.95. The first-order valence-electron chi connectivity index (χ1n) is 6.59. The molecule has 1 saturated carbocycles. The summed E-state index contributed by atoms with van der Waals surface area (Å²) in [4.78, 5) is 35.2. The van der Waals surface area contributed by atoms with E-state index in [0.717, 1.165) is 6.42 Å². The average Bonchev–Trinajstić information content (AvgIpc) is 3.22. The second-order valence-electron chi connectivity index (χ2n) is 5.09. The summed E-state index contributed by atoms with van der Waals surface area (Å²) in [5, 5.41) is 2.72. The molecular formula is C15H17NO5. The number of hydrogen-bond donors (Lipinski definition) is 1. The number of methoxy groups -OCH3 is 2. The normalized spacial score (nSPS) is 19.6. The van der Waals surface area contributed by atoms with Gasteiger partial charge in [0, 0.05) is 11.6 Å². The van der Waals surface area contributed by atoms with Crippen molar-refractivity contribution in [3.63, 3.8) is 0 Å². The van der Waals surface area contributed by atoms with Crippen LogP contribution in [0.5, 0.6) is 0 Å². The van der Waals surface area contributed by atoms with Gasteiger partial charge < -0.3 is 14.8 Å². The summed E-state index contributed by atoms with van der Waals surface area (Å²) in [6, 6.07) is 4.32. The van der Waals surface area contributed by atoms with Crippen LogP contribution in [0, 0.1) is 11.8 Å². The predicted molar refractivity (Wildman–Crippen MR) is 75.0 cm³/mol. The first-order valence-corrected chi connectivity index (χ1v) is 6.59. The highest BCUT2D eigenvalue weighted by molar-refractivity contribution is 6.00. The molecule has 0 heterocycles. The molecule has 1 aromatic carbocycles. The van der Waals surface area contributed by atoms with Gasteiger partial charge in [0.05, 0.1) is 25.3 Å². The van der Waals surface area contributed by atoms with Crippen molar-refractivity contribution in [3.05, 3.63) is 29.3 Å². The molecule has 21 heavy (non-hydrogen) atoms. The van der Waals surface area contributed by atoms with E-state index in [-0.39, 0.29) is 23.0 Å². The molecule has 2 rings (SSSR count). The van der Waals surface area contributed by atoms with Gasteiger partial charge in [0.1, 0.15) is 0 Å². The maximum absolute atomic E-state index is 11.9. The molecule has 1 amide bonds. The Bertz CT molecular complexity index is 561. The van der Waals surface area contributed by atoms with Crippen LogP contribution in [0.15, 0.2) is 18.2 Å². The lowest BCUT2D eigenvalue weighted by molar-refractivity contribution is -0.117. The molecule has 112 valence electrons. The Morgan fingerprint density at radius 3 is 1.90 bits per heavy atom. The smallest absolute Gasteiger partial charge is 0.337 e. The Balaban J connectivity index is 2.28. The SMILES string of the molecule is COC(=O)c1cc(NC(=O)[C@@H]2C[C@@H]2C)cc(C(=O)OC)c1. The number of carbonyl (C=O) groups is 3. The van der Waals surface area contributed by atoms with Crippen LogP contribution in [0.4, 0.5) is 5.69 Å². The van der Waals surface area contributed by atoms with Crippen LogP contribution in [-0.4, -0.2) is 32.1 Å². The number of hydrogen-bond acceptors (Lipinski definition) is 5. The first-order chi connectivity index (χ1) is 9.96. The minimum Gasteiger partial charge on any atom is -0.465 e. The molecule has 0 spiro atoms. The van der Waals surface area contributed by atoms with Crippen molar-refractivity contribution in [1.82, 2.24) is 0 Å². The van der Waals surface area contributed by atoms with Crippen molar-refractivity contribution in [2.24, 2.45) is 11.8 Å². The number of rotatable bonds is 4. The summed E-state index contributed by atoms with van der Waals surface area (Å²) in [6.45, 7) is 2.00. The fraction of sp³-hybridized carbons (Fsp3) is 0.400. The lowest BCUT2D eigenvalue weighted by Gasteiger charge is -2.09. The Labute approximate surface area is 122 Å². The van der Waals surface area contributed by atoms with Gasteiger partial charge in [-0.3, -0.25) is 4.79 Å². The molecule has 0 aromatic heterocycles. The molecule has 1 fully saturated rings. The van der Waals surface area contributed by atoms with Crippen LogP contribution in [0.2, 0.25) is 0 Å². The highest BCUT2D eigenvalue weighted by atomic mass is 16.5. The largest absolute Gasteiger partial charge is 0.465 e. The molecule has 1 aromatic rings. The number of amides is 1. The van der Waals surface area contributed by atoms with E-state index < -0.39 is 11.9 Å². The van der Waals surface area contributed by atoms with E-state index >= 15 is 0 Å². The van der Waals surface area contributed by atoms with Crippen LogP contribution in [0.25, 0.3) is 0 Å². The Kier molecular flexibility index (Phi) is 4.26. The van der Waals surface area contributed by atoms with E-state index in [0.29, 0.717) is 11.6 Å². The van der Waals surface area contributed by atoms with Gasteiger partial charge in [0.15, 0.2) is 0 Å². The zero-order valence-electron chi connectivity index (χ0n) is 12.1. The summed E-state index contributed by atoms with van der Waals surface area (Å²) in [6.07, 6.45) is 0.854. The van der Waals surface area contributed by atoms with E-state index in [9.17, 15) is 14.4 Å². The van der Waals surface area contributed by atoms with Gasteiger partial charge >= 0.3 is 11.9 Å². The van der Waals surface area contributed by atoms with Gasteiger partial charge in [-0.25, -0.2) is 9.59 Å². The third kappa shape index (κ3) is 3.39. The molecular weight excluding hydrogens is 274 g/mol. The number of nitrogens with one attached hydrogen (secondary N) is 1. The summed E-state index contributed by atoms with van der Waals surface area (Å²) in [5.74, 6) is -0.922. The van der Waals surface area contributed by atoms with E-state index in [4.69, 9.17) is 0 Å². The lowest BCUT2D eigenvalue weighted by atomic mass is 10.1. The van der Waals surface area contributed by atoms with Crippen molar-refractivity contribution in [3.8, 4) is 0 Å². The highest BCUT2D eigenvalue weighted by Crippen LogP contribution is 2.38. The fourth-order valence-corrected chi connectivity index (χ4v) is 2.09. The van der Waals surface area contributed by atoms with Gasteiger partial charge in [-0.2, -0.15) is 0 Å². The molecule has 2 atom stereocenters. The van der Waals surface area contributed by atoms with Crippen molar-refractivity contribution < 1.29 is 23.9 Å². The predicted octanol–water partition coefficient (Wildman–Crippen LogP) is 1.85. The number of anilines is 1. The quantitative estimate of drug-likeness (QED) is 0.856. The zero-order valence-corrected chi connectivity index (χ0v) is 12.1. The third-order valence-corrected chi connectivity index (χ3v) is 3.49. The molecule has 0 radical (unpaired) electrons. The van der Waals surface area contributed by atoms with Gasteiger partial charge in [-0.1, -0.05) is 6.92 Å². The molecule has 1 N–H and O–H groups in total. The number of esters is 2. The van der Waals surface area contributed by atoms with Gasteiger partial charge in [0.2, 0.25) is 5.91 Å². The van der Waals surface area contributed by atoms with Crippen LogP contribution in [0.3, 0.4) is 0 Å². The zero-order chi connectivity index (χ0) is 15.6. The van der Waals surface area contributed by atoms with Gasteiger partial charge in [-0.15, -0.1) is 0 Å². The van der Waals surface area contributed by atoms with Crippen molar-refractivity contribution >= 4 is 23.5 Å². The maximum atomic E-state index is 11.9. The summed E-state index contributed by atoms with van der Waals surface area (Å²) >= 11 is 0. The molecule has 0 unspecified atom stereocenters. The third-order valence-electron chi connectivity index (χ3n) is 3.49. The maximum Gasteiger partial charge on any atom is 0.337 e. The van der Waals surface area contributed by atoms with E-state index in [1.165, 1.54) is 32.4 Å². The van der Waals surface area contributed by atoms with Gasteiger partial charge in [0.25, 0.3) is 0 Å². The Hall–Kier alpha value is -2.37. The van der Waals surface area contributed by atoms with Crippen LogP contribution in [0.1, 0.15) is 34.1 Å². The molecule has 0 aliphatic heterocycles. The standard InChI is InChI=1S/C15H17NO5/c1-8-4-12(8)13(17)16-11-6-9(14(18)20-2)5-10(7-11)15(19)21-3/h5-8,12H,4H2,1-3H3,(H,16,17)/t8-,12+/m0/s1. The van der Waals surface area contributed by atoms with Crippen molar-refractivity contribution in [2.45, 2.75) is 13.3 Å². The summed E-state index contributed by atoms with van der Waals surface area (Å²) in [7, 11) is 2.49.